The number of benzene rings is 3. The van der Waals surface area contributed by atoms with Crippen molar-refractivity contribution in [2.24, 2.45) is 5.92 Å². The van der Waals surface area contributed by atoms with Crippen molar-refractivity contribution in [2.45, 2.75) is 25.4 Å². The third-order valence-electron chi connectivity index (χ3n) is 6.82. The average molecular weight is 510 g/mol. The molecule has 5 nitrogen and oxygen atoms in total. The van der Waals surface area contributed by atoms with E-state index in [0.29, 0.717) is 30.8 Å². The van der Waals surface area contributed by atoms with Crippen molar-refractivity contribution in [3.63, 3.8) is 0 Å². The van der Waals surface area contributed by atoms with Crippen LogP contribution in [0.3, 0.4) is 0 Å². The van der Waals surface area contributed by atoms with Crippen LogP contribution in [0.2, 0.25) is 0 Å². The number of esters is 1. The molecule has 0 radical (unpaired) electrons. The number of hydrogen-bond acceptors (Lipinski definition) is 5. The third-order valence-corrected chi connectivity index (χ3v) is 6.82. The molecule has 2 atom stereocenters. The summed E-state index contributed by atoms with van der Waals surface area (Å²) in [5.74, 6) is -1.16. The molecule has 37 heavy (non-hydrogen) atoms. The Morgan fingerprint density at radius 3 is 2.46 bits per heavy atom. The van der Waals surface area contributed by atoms with Gasteiger partial charge in [0.2, 0.25) is 0 Å². The number of hydrogen-bond donors (Lipinski definition) is 0. The van der Waals surface area contributed by atoms with Crippen molar-refractivity contribution >= 4 is 5.97 Å². The van der Waals surface area contributed by atoms with Crippen LogP contribution in [0.4, 0.5) is 8.78 Å². The van der Waals surface area contributed by atoms with Gasteiger partial charge in [-0.1, -0.05) is 48.5 Å². The number of ether oxygens (including phenoxy) is 3. The number of carbonyl (C=O) groups excluding carboxylic acids is 1. The van der Waals surface area contributed by atoms with E-state index in [1.165, 1.54) is 25.3 Å². The molecule has 1 fully saturated rings. The second-order valence-corrected chi connectivity index (χ2v) is 9.15. The van der Waals surface area contributed by atoms with Crippen LogP contribution >= 0.6 is 0 Å². The maximum absolute atomic E-state index is 15.0. The first-order valence-corrected chi connectivity index (χ1v) is 12.7. The highest BCUT2D eigenvalue weighted by atomic mass is 19.1. The number of nitrogens with zero attached hydrogens (tertiary/aromatic N) is 1. The summed E-state index contributed by atoms with van der Waals surface area (Å²) in [4.78, 5) is 14.5. The zero-order chi connectivity index (χ0) is 26.3. The van der Waals surface area contributed by atoms with Crippen molar-refractivity contribution < 1.29 is 27.8 Å². The van der Waals surface area contributed by atoms with E-state index in [1.807, 2.05) is 37.3 Å². The first kappa shape index (κ1) is 26.8. The molecule has 0 N–H and O–H groups in total. The molecule has 0 aliphatic carbocycles. The van der Waals surface area contributed by atoms with Crippen molar-refractivity contribution in [2.75, 3.05) is 40.0 Å². The van der Waals surface area contributed by atoms with E-state index in [1.54, 1.807) is 24.3 Å². The van der Waals surface area contributed by atoms with E-state index >= 15 is 0 Å². The molecule has 0 spiro atoms. The van der Waals surface area contributed by atoms with Gasteiger partial charge in [0.25, 0.3) is 0 Å². The van der Waals surface area contributed by atoms with Gasteiger partial charge in [-0.25, -0.2) is 8.78 Å². The van der Waals surface area contributed by atoms with Crippen LogP contribution in [0.5, 0.6) is 5.75 Å². The van der Waals surface area contributed by atoms with Gasteiger partial charge >= 0.3 is 5.97 Å². The molecule has 1 aliphatic rings. The van der Waals surface area contributed by atoms with Gasteiger partial charge in [-0.15, -0.1) is 0 Å². The zero-order valence-electron chi connectivity index (χ0n) is 21.3. The molecule has 196 valence electrons. The molecule has 7 heteroatoms. The zero-order valence-corrected chi connectivity index (χ0v) is 21.3. The predicted molar refractivity (Wildman–Crippen MR) is 137 cm³/mol. The van der Waals surface area contributed by atoms with E-state index in [-0.39, 0.29) is 24.2 Å². The minimum atomic E-state index is -1.27. The lowest BCUT2D eigenvalue weighted by Crippen LogP contribution is -2.42. The van der Waals surface area contributed by atoms with Gasteiger partial charge in [0.05, 0.1) is 26.2 Å². The molecule has 1 aliphatic heterocycles. The Hall–Kier alpha value is -3.29. The molecule has 1 heterocycles. The normalized spacial score (nSPS) is 17.7. The lowest BCUT2D eigenvalue weighted by atomic mass is 9.80. The maximum Gasteiger partial charge on any atom is 0.310 e. The van der Waals surface area contributed by atoms with Gasteiger partial charge in [-0.05, 0) is 67.3 Å². The summed E-state index contributed by atoms with van der Waals surface area (Å²) < 4.78 is 46.5. The Morgan fingerprint density at radius 2 is 1.76 bits per heavy atom. The second-order valence-electron chi connectivity index (χ2n) is 9.15. The lowest BCUT2D eigenvalue weighted by Gasteiger charge is -2.37. The van der Waals surface area contributed by atoms with E-state index < -0.39 is 17.2 Å². The third kappa shape index (κ3) is 6.00. The minimum Gasteiger partial charge on any atom is -0.494 e. The van der Waals surface area contributed by atoms with Gasteiger partial charge in [0, 0.05) is 13.1 Å². The Kier molecular flexibility index (Phi) is 8.90. The molecule has 0 saturated carbocycles. The van der Waals surface area contributed by atoms with Gasteiger partial charge in [0.15, 0.2) is 11.6 Å². The number of likely N-dealkylation sites (tertiary alicyclic amines) is 1. The number of methoxy groups -OCH3 is 1. The van der Waals surface area contributed by atoms with Crippen LogP contribution < -0.4 is 4.74 Å². The fourth-order valence-electron chi connectivity index (χ4n) is 5.05. The molecule has 3 aromatic rings. The number of carbonyl (C=O) groups is 1. The average Bonchev–Trinajstić information content (AvgIpc) is 2.92. The summed E-state index contributed by atoms with van der Waals surface area (Å²) >= 11 is 0. The molecule has 2 unspecified atom stereocenters. The largest absolute Gasteiger partial charge is 0.494 e. The molecule has 3 aromatic carbocycles. The Labute approximate surface area is 217 Å². The van der Waals surface area contributed by atoms with E-state index in [4.69, 9.17) is 14.2 Å². The number of piperidine rings is 1. The highest BCUT2D eigenvalue weighted by Gasteiger charge is 2.39. The number of halogens is 2. The fourth-order valence-corrected chi connectivity index (χ4v) is 5.05. The van der Waals surface area contributed by atoms with Crippen molar-refractivity contribution in [3.8, 4) is 5.75 Å². The summed E-state index contributed by atoms with van der Waals surface area (Å²) in [6, 6.07) is 20.3. The molecule has 0 aromatic heterocycles. The second kappa shape index (κ2) is 12.3. The van der Waals surface area contributed by atoms with E-state index in [9.17, 15) is 13.6 Å². The standard InChI is InChI=1S/C30H33F2NO4/c1-3-36-29(34)22-9-8-16-33(21-22)17-18-37-30(23-10-5-4-6-11-23,24-12-7-13-26(31)19-24)25-14-15-28(35-2)27(32)20-25/h4-7,10-15,19-20,22H,3,8-9,16-18,21H2,1-2H3. The van der Waals surface area contributed by atoms with Crippen LogP contribution in [0, 0.1) is 17.6 Å². The summed E-state index contributed by atoms with van der Waals surface area (Å²) in [6.07, 6.45) is 1.69. The monoisotopic (exact) mass is 509 g/mol. The number of rotatable bonds is 10. The lowest BCUT2D eigenvalue weighted by molar-refractivity contribution is -0.150. The van der Waals surface area contributed by atoms with E-state index in [0.717, 1.165) is 24.9 Å². The van der Waals surface area contributed by atoms with Crippen molar-refractivity contribution in [1.29, 1.82) is 0 Å². The molecule has 0 bridgehead atoms. The first-order valence-electron chi connectivity index (χ1n) is 12.7. The van der Waals surface area contributed by atoms with Gasteiger partial charge < -0.3 is 19.1 Å². The molecule has 0 amide bonds. The smallest absolute Gasteiger partial charge is 0.310 e. The van der Waals surface area contributed by atoms with Gasteiger partial charge in [-0.2, -0.15) is 0 Å². The quantitative estimate of drug-likeness (QED) is 0.265. The molecule has 1 saturated heterocycles. The summed E-state index contributed by atoms with van der Waals surface area (Å²) in [7, 11) is 1.41. The van der Waals surface area contributed by atoms with Crippen LogP contribution in [0.25, 0.3) is 0 Å². The van der Waals surface area contributed by atoms with Crippen molar-refractivity contribution in [3.05, 3.63) is 101 Å². The SMILES string of the molecule is CCOC(=O)C1CCCN(CCOC(c2ccccc2)(c2cccc(F)c2)c2ccc(OC)c(F)c2)C1. The molecular weight excluding hydrogens is 476 g/mol. The van der Waals surface area contributed by atoms with Gasteiger partial charge in [-0.3, -0.25) is 4.79 Å². The predicted octanol–water partition coefficient (Wildman–Crippen LogP) is 5.56. The molecular formula is C30H33F2NO4. The van der Waals surface area contributed by atoms with Crippen LogP contribution in [-0.4, -0.2) is 50.8 Å². The van der Waals surface area contributed by atoms with Crippen LogP contribution in [0.1, 0.15) is 36.5 Å². The van der Waals surface area contributed by atoms with Crippen LogP contribution in [0.15, 0.2) is 72.8 Å². The highest BCUT2D eigenvalue weighted by Crippen LogP contribution is 2.42. The molecule has 4 rings (SSSR count). The topological polar surface area (TPSA) is 48.0 Å². The first-order chi connectivity index (χ1) is 18.0. The Bertz CT molecular complexity index is 1190. The Balaban J connectivity index is 1.69. The van der Waals surface area contributed by atoms with Crippen LogP contribution in [-0.2, 0) is 19.9 Å². The summed E-state index contributed by atoms with van der Waals surface area (Å²) in [5, 5.41) is 0. The fraction of sp³-hybridized carbons (Fsp3) is 0.367. The Morgan fingerprint density at radius 1 is 1.00 bits per heavy atom. The summed E-state index contributed by atoms with van der Waals surface area (Å²) in [6.45, 7) is 4.44. The van der Waals surface area contributed by atoms with Crippen molar-refractivity contribution in [1.82, 2.24) is 4.90 Å². The maximum atomic E-state index is 15.0. The minimum absolute atomic E-state index is 0.114. The summed E-state index contributed by atoms with van der Waals surface area (Å²) in [5.41, 5.74) is 0.539. The highest BCUT2D eigenvalue weighted by molar-refractivity contribution is 5.72. The van der Waals surface area contributed by atoms with Gasteiger partial charge in [0.1, 0.15) is 11.4 Å². The van der Waals surface area contributed by atoms with E-state index in [2.05, 4.69) is 4.90 Å².